The van der Waals surface area contributed by atoms with Crippen molar-refractivity contribution in [3.8, 4) is 6.07 Å². The molecule has 0 saturated carbocycles. The van der Waals surface area contributed by atoms with E-state index in [0.29, 0.717) is 27.8 Å². The zero-order valence-corrected chi connectivity index (χ0v) is 14.7. The average molecular weight is 351 g/mol. The van der Waals surface area contributed by atoms with Crippen molar-refractivity contribution in [3.05, 3.63) is 33.8 Å². The maximum atomic E-state index is 12.1. The molecule has 0 aliphatic carbocycles. The molecule has 7 nitrogen and oxygen atoms in total. The molecule has 0 amide bonds. The second-order valence-corrected chi connectivity index (χ2v) is 8.22. The maximum Gasteiger partial charge on any atom is 0.250 e. The highest BCUT2D eigenvalue weighted by Crippen LogP contribution is 2.20. The van der Waals surface area contributed by atoms with Gasteiger partial charge in [0.15, 0.2) is 5.82 Å². The van der Waals surface area contributed by atoms with Crippen molar-refractivity contribution in [1.82, 2.24) is 14.9 Å². The summed E-state index contributed by atoms with van der Waals surface area (Å²) < 4.78 is 26.9. The van der Waals surface area contributed by atoms with Crippen molar-refractivity contribution >= 4 is 27.2 Å². The fraction of sp³-hybridized carbons (Fsp3) is 0.357. The average Bonchev–Trinajstić information content (AvgIpc) is 2.95. The van der Waals surface area contributed by atoms with Crippen LogP contribution in [-0.4, -0.2) is 31.7 Å². The van der Waals surface area contributed by atoms with Crippen molar-refractivity contribution in [3.63, 3.8) is 0 Å². The van der Waals surface area contributed by atoms with Crippen LogP contribution in [0.25, 0.3) is 0 Å². The molecule has 2 aromatic heterocycles. The first kappa shape index (κ1) is 17.3. The second-order valence-electron chi connectivity index (χ2n) is 4.94. The summed E-state index contributed by atoms with van der Waals surface area (Å²) in [4.78, 5) is 0.938. The zero-order valence-electron chi connectivity index (χ0n) is 13.0. The van der Waals surface area contributed by atoms with Crippen LogP contribution in [-0.2, 0) is 10.0 Å². The zero-order chi connectivity index (χ0) is 17.0. The lowest BCUT2D eigenvalue weighted by atomic mass is 10.1. The van der Waals surface area contributed by atoms with Gasteiger partial charge in [0.25, 0.3) is 0 Å². The normalized spacial score (nSPS) is 11.2. The number of hydrogen-bond acceptors (Lipinski definition) is 7. The molecular formula is C14H17N5O2S2. The van der Waals surface area contributed by atoms with Crippen LogP contribution >= 0.6 is 11.3 Å². The van der Waals surface area contributed by atoms with E-state index < -0.39 is 10.0 Å². The molecule has 2 aromatic rings. The number of hydrogen-bond donors (Lipinski definition) is 2. The van der Waals surface area contributed by atoms with Crippen LogP contribution in [0.15, 0.2) is 16.3 Å². The number of aromatic nitrogens is 2. The van der Waals surface area contributed by atoms with E-state index in [1.165, 1.54) is 11.3 Å². The van der Waals surface area contributed by atoms with E-state index in [1.54, 1.807) is 26.0 Å². The van der Waals surface area contributed by atoms with Gasteiger partial charge in [-0.25, -0.2) is 13.1 Å². The first-order chi connectivity index (χ1) is 10.8. The fourth-order valence-corrected chi connectivity index (χ4v) is 4.22. The minimum atomic E-state index is -3.50. The molecule has 0 unspecified atom stereocenters. The summed E-state index contributed by atoms with van der Waals surface area (Å²) in [6, 6.07) is 5.44. The van der Waals surface area contributed by atoms with Crippen LogP contribution in [0.4, 0.5) is 5.82 Å². The number of aryl methyl sites for hydroxylation is 2. The molecule has 0 saturated heterocycles. The molecule has 0 radical (unpaired) electrons. The van der Waals surface area contributed by atoms with E-state index in [-0.39, 0.29) is 6.54 Å². The monoisotopic (exact) mass is 351 g/mol. The molecule has 9 heteroatoms. The van der Waals surface area contributed by atoms with Gasteiger partial charge in [-0.3, -0.25) is 0 Å². The van der Waals surface area contributed by atoms with Gasteiger partial charge in [-0.1, -0.05) is 0 Å². The Hall–Kier alpha value is -2.02. The van der Waals surface area contributed by atoms with Gasteiger partial charge < -0.3 is 5.32 Å². The van der Waals surface area contributed by atoms with Gasteiger partial charge in [-0.05, 0) is 38.5 Å². The molecule has 0 spiro atoms. The van der Waals surface area contributed by atoms with E-state index in [1.807, 2.05) is 6.92 Å². The lowest BCUT2D eigenvalue weighted by Crippen LogP contribution is -2.28. The van der Waals surface area contributed by atoms with Gasteiger partial charge in [0.05, 0.1) is 5.69 Å². The molecule has 2 rings (SSSR count). The van der Waals surface area contributed by atoms with E-state index in [2.05, 4.69) is 26.3 Å². The van der Waals surface area contributed by atoms with Crippen LogP contribution in [0.5, 0.6) is 0 Å². The second kappa shape index (κ2) is 7.04. The van der Waals surface area contributed by atoms with Crippen molar-refractivity contribution in [2.45, 2.75) is 25.0 Å². The fourth-order valence-electron chi connectivity index (χ4n) is 1.86. The van der Waals surface area contributed by atoms with Crippen LogP contribution < -0.4 is 10.0 Å². The van der Waals surface area contributed by atoms with Crippen LogP contribution in [0.1, 0.15) is 21.7 Å². The van der Waals surface area contributed by atoms with Crippen molar-refractivity contribution in [2.24, 2.45) is 0 Å². The van der Waals surface area contributed by atoms with Crippen LogP contribution in [0.2, 0.25) is 0 Å². The number of nitriles is 1. The SMILES string of the molecule is Cc1ccc(S(=O)(=O)NCCNc2nnc(C)c(C)c2C#N)s1. The third-order valence-corrected chi connectivity index (χ3v) is 6.21. The quantitative estimate of drug-likeness (QED) is 0.767. The molecular weight excluding hydrogens is 334 g/mol. The number of thiophene rings is 1. The minimum absolute atomic E-state index is 0.179. The Morgan fingerprint density at radius 2 is 1.96 bits per heavy atom. The molecule has 0 aromatic carbocycles. The van der Waals surface area contributed by atoms with Crippen LogP contribution in [0, 0.1) is 32.1 Å². The third kappa shape index (κ3) is 4.04. The molecule has 0 fully saturated rings. The Morgan fingerprint density at radius 3 is 2.57 bits per heavy atom. The minimum Gasteiger partial charge on any atom is -0.366 e. The molecule has 0 aliphatic rings. The Labute approximate surface area is 139 Å². The van der Waals surface area contributed by atoms with Gasteiger partial charge in [-0.15, -0.1) is 16.4 Å². The Kier molecular flexibility index (Phi) is 5.30. The van der Waals surface area contributed by atoms with Gasteiger partial charge in [0.2, 0.25) is 10.0 Å². The summed E-state index contributed by atoms with van der Waals surface area (Å²) >= 11 is 1.22. The van der Waals surface area contributed by atoms with Crippen molar-refractivity contribution < 1.29 is 8.42 Å². The van der Waals surface area contributed by atoms with Gasteiger partial charge in [0, 0.05) is 18.0 Å². The largest absolute Gasteiger partial charge is 0.366 e. The lowest BCUT2D eigenvalue weighted by molar-refractivity contribution is 0.585. The van der Waals surface area contributed by atoms with Crippen LogP contribution in [0.3, 0.4) is 0 Å². The Balaban J connectivity index is 1.96. The first-order valence-corrected chi connectivity index (χ1v) is 9.19. The molecule has 0 aliphatic heterocycles. The highest BCUT2D eigenvalue weighted by Gasteiger charge is 2.15. The van der Waals surface area contributed by atoms with E-state index >= 15 is 0 Å². The summed E-state index contributed by atoms with van der Waals surface area (Å²) in [5.74, 6) is 0.363. The molecule has 0 bridgehead atoms. The highest BCUT2D eigenvalue weighted by molar-refractivity contribution is 7.91. The third-order valence-electron chi connectivity index (χ3n) is 3.26. The highest BCUT2D eigenvalue weighted by atomic mass is 32.2. The summed E-state index contributed by atoms with van der Waals surface area (Å²) in [6.07, 6.45) is 0. The summed E-state index contributed by atoms with van der Waals surface area (Å²) in [6.45, 7) is 5.92. The van der Waals surface area contributed by atoms with E-state index in [9.17, 15) is 13.7 Å². The first-order valence-electron chi connectivity index (χ1n) is 6.89. The maximum absolute atomic E-state index is 12.1. The molecule has 2 heterocycles. The summed E-state index contributed by atoms with van der Waals surface area (Å²) in [5, 5.41) is 20.0. The van der Waals surface area contributed by atoms with Gasteiger partial charge in [-0.2, -0.15) is 10.4 Å². The number of sulfonamides is 1. The smallest absolute Gasteiger partial charge is 0.250 e. The number of anilines is 1. The van der Waals surface area contributed by atoms with E-state index in [0.717, 1.165) is 10.4 Å². The predicted molar refractivity (Wildman–Crippen MR) is 89.0 cm³/mol. The van der Waals surface area contributed by atoms with Crippen molar-refractivity contribution in [2.75, 3.05) is 18.4 Å². The molecule has 122 valence electrons. The van der Waals surface area contributed by atoms with Crippen molar-refractivity contribution in [1.29, 1.82) is 5.26 Å². The Morgan fingerprint density at radius 1 is 1.22 bits per heavy atom. The van der Waals surface area contributed by atoms with Gasteiger partial charge in [0.1, 0.15) is 15.8 Å². The van der Waals surface area contributed by atoms with E-state index in [4.69, 9.17) is 0 Å². The number of rotatable bonds is 6. The molecule has 23 heavy (non-hydrogen) atoms. The summed E-state index contributed by atoms with van der Waals surface area (Å²) in [7, 11) is -3.50. The Bertz CT molecular complexity index is 853. The van der Waals surface area contributed by atoms with Gasteiger partial charge >= 0.3 is 0 Å². The number of nitrogens with zero attached hydrogens (tertiary/aromatic N) is 3. The number of nitrogens with one attached hydrogen (secondary N) is 2. The standard InChI is InChI=1S/C14H17N5O2S2/c1-9-4-5-13(22-9)23(20,21)17-7-6-16-14-12(8-15)10(2)11(3)18-19-14/h4-5,17H,6-7H2,1-3H3,(H,16,19). The molecule has 0 atom stereocenters. The topological polar surface area (TPSA) is 108 Å². The predicted octanol–water partition coefficient (Wildman–Crippen LogP) is 1.73. The lowest BCUT2D eigenvalue weighted by Gasteiger charge is -2.10. The molecule has 2 N–H and O–H groups in total. The summed E-state index contributed by atoms with van der Waals surface area (Å²) in [5.41, 5.74) is 1.88.